The maximum atomic E-state index is 3.77. The van der Waals surface area contributed by atoms with Gasteiger partial charge < -0.3 is 5.32 Å². The van der Waals surface area contributed by atoms with Gasteiger partial charge in [-0.25, -0.2) is 0 Å². The molecule has 0 amide bonds. The molecule has 1 atom stereocenters. The van der Waals surface area contributed by atoms with E-state index in [0.717, 1.165) is 11.8 Å². The quantitative estimate of drug-likeness (QED) is 0.849. The zero-order valence-electron chi connectivity index (χ0n) is 12.0. The molecule has 1 saturated carbocycles. The van der Waals surface area contributed by atoms with E-state index in [1.165, 1.54) is 64.5 Å². The van der Waals surface area contributed by atoms with Crippen molar-refractivity contribution in [3.05, 3.63) is 35.4 Å². The van der Waals surface area contributed by atoms with Crippen LogP contribution in [0.2, 0.25) is 0 Å². The summed E-state index contributed by atoms with van der Waals surface area (Å²) in [7, 11) is 0. The molecule has 0 saturated heterocycles. The molecular formula is C18H27N. The highest BCUT2D eigenvalue weighted by Crippen LogP contribution is 2.31. The van der Waals surface area contributed by atoms with Crippen molar-refractivity contribution in [1.29, 1.82) is 0 Å². The van der Waals surface area contributed by atoms with Crippen LogP contribution in [-0.4, -0.2) is 13.1 Å². The van der Waals surface area contributed by atoms with Gasteiger partial charge in [-0.15, -0.1) is 0 Å². The lowest BCUT2D eigenvalue weighted by atomic mass is 9.82. The lowest BCUT2D eigenvalue weighted by Crippen LogP contribution is -2.29. The second kappa shape index (κ2) is 6.56. The number of aryl methyl sites for hydroxylation is 1. The first-order valence-electron chi connectivity index (χ1n) is 8.22. The number of fused-ring (bicyclic) bond motifs is 1. The molecule has 1 heteroatoms. The van der Waals surface area contributed by atoms with Crippen LogP contribution in [0, 0.1) is 5.92 Å². The highest BCUT2D eigenvalue weighted by Gasteiger charge is 2.20. The fraction of sp³-hybridized carbons (Fsp3) is 0.667. The summed E-state index contributed by atoms with van der Waals surface area (Å²) in [6.07, 6.45) is 11.3. The first-order valence-corrected chi connectivity index (χ1v) is 8.22. The zero-order valence-corrected chi connectivity index (χ0v) is 12.0. The number of hydrogen-bond acceptors (Lipinski definition) is 1. The van der Waals surface area contributed by atoms with Crippen LogP contribution in [0.3, 0.4) is 0 Å². The van der Waals surface area contributed by atoms with Crippen molar-refractivity contribution in [1.82, 2.24) is 5.32 Å². The van der Waals surface area contributed by atoms with E-state index in [0.29, 0.717) is 0 Å². The van der Waals surface area contributed by atoms with Gasteiger partial charge in [0, 0.05) is 6.54 Å². The second-order valence-electron chi connectivity index (χ2n) is 6.45. The summed E-state index contributed by atoms with van der Waals surface area (Å²) in [4.78, 5) is 0. The maximum absolute atomic E-state index is 3.77. The molecule has 0 heterocycles. The van der Waals surface area contributed by atoms with Crippen molar-refractivity contribution in [2.45, 2.75) is 57.3 Å². The summed E-state index contributed by atoms with van der Waals surface area (Å²) in [5.41, 5.74) is 3.21. The Kier molecular flexibility index (Phi) is 4.55. The molecule has 0 bridgehead atoms. The molecule has 2 aliphatic rings. The minimum absolute atomic E-state index is 0.758. The second-order valence-corrected chi connectivity index (χ2v) is 6.45. The smallest absolute Gasteiger partial charge is 0.00203 e. The van der Waals surface area contributed by atoms with Gasteiger partial charge in [0.05, 0.1) is 0 Å². The van der Waals surface area contributed by atoms with E-state index in [2.05, 4.69) is 29.6 Å². The molecule has 104 valence electrons. The lowest BCUT2D eigenvalue weighted by Gasteiger charge is -2.27. The Morgan fingerprint density at radius 2 is 1.74 bits per heavy atom. The Morgan fingerprint density at radius 3 is 2.63 bits per heavy atom. The highest BCUT2D eigenvalue weighted by atomic mass is 14.9. The van der Waals surface area contributed by atoms with Gasteiger partial charge in [-0.05, 0) is 61.6 Å². The van der Waals surface area contributed by atoms with Gasteiger partial charge in [-0.3, -0.25) is 0 Å². The van der Waals surface area contributed by atoms with Crippen LogP contribution in [0.5, 0.6) is 0 Å². The van der Waals surface area contributed by atoms with E-state index < -0.39 is 0 Å². The van der Waals surface area contributed by atoms with E-state index in [1.807, 2.05) is 0 Å². The number of benzene rings is 1. The minimum atomic E-state index is 0.758. The van der Waals surface area contributed by atoms with Gasteiger partial charge in [0.2, 0.25) is 0 Å². The van der Waals surface area contributed by atoms with Gasteiger partial charge in [0.15, 0.2) is 0 Å². The first-order chi connectivity index (χ1) is 9.43. The van der Waals surface area contributed by atoms with Gasteiger partial charge >= 0.3 is 0 Å². The molecule has 0 aliphatic heterocycles. The van der Waals surface area contributed by atoms with Crippen molar-refractivity contribution in [3.63, 3.8) is 0 Å². The van der Waals surface area contributed by atoms with Gasteiger partial charge in [0.25, 0.3) is 0 Å². The van der Waals surface area contributed by atoms with E-state index >= 15 is 0 Å². The predicted octanol–water partition coefficient (Wildman–Crippen LogP) is 4.28. The Labute approximate surface area is 117 Å². The van der Waals surface area contributed by atoms with Gasteiger partial charge in [0.1, 0.15) is 0 Å². The number of hydrogen-bond donors (Lipinski definition) is 1. The molecule has 1 aromatic rings. The molecule has 1 N–H and O–H groups in total. The van der Waals surface area contributed by atoms with Crippen molar-refractivity contribution >= 4 is 0 Å². The number of rotatable bonds is 4. The SMILES string of the molecule is c1ccc2c(c1)CCCC2CNCC1CCCCC1. The average molecular weight is 257 g/mol. The maximum Gasteiger partial charge on any atom is 0.00203 e. The molecule has 2 aliphatic carbocycles. The molecule has 1 nitrogen and oxygen atoms in total. The third-order valence-electron chi connectivity index (χ3n) is 5.04. The van der Waals surface area contributed by atoms with Gasteiger partial charge in [-0.1, -0.05) is 43.5 Å². The monoisotopic (exact) mass is 257 g/mol. The topological polar surface area (TPSA) is 12.0 Å². The van der Waals surface area contributed by atoms with E-state index in [-0.39, 0.29) is 0 Å². The Bertz CT molecular complexity index is 392. The van der Waals surface area contributed by atoms with E-state index in [4.69, 9.17) is 0 Å². The van der Waals surface area contributed by atoms with Crippen molar-refractivity contribution < 1.29 is 0 Å². The molecule has 0 radical (unpaired) electrons. The summed E-state index contributed by atoms with van der Waals surface area (Å²) >= 11 is 0. The van der Waals surface area contributed by atoms with Gasteiger partial charge in [-0.2, -0.15) is 0 Å². The number of nitrogens with one attached hydrogen (secondary N) is 1. The molecule has 1 aromatic carbocycles. The van der Waals surface area contributed by atoms with Crippen LogP contribution in [0.15, 0.2) is 24.3 Å². The lowest BCUT2D eigenvalue weighted by molar-refractivity contribution is 0.337. The summed E-state index contributed by atoms with van der Waals surface area (Å²) < 4.78 is 0. The van der Waals surface area contributed by atoms with Crippen molar-refractivity contribution in [2.24, 2.45) is 5.92 Å². The van der Waals surface area contributed by atoms with E-state index in [1.54, 1.807) is 11.1 Å². The molecule has 1 unspecified atom stereocenters. The molecule has 1 fully saturated rings. The summed E-state index contributed by atoms with van der Waals surface area (Å²) in [6, 6.07) is 9.07. The van der Waals surface area contributed by atoms with Crippen molar-refractivity contribution in [2.75, 3.05) is 13.1 Å². The minimum Gasteiger partial charge on any atom is -0.316 e. The third-order valence-corrected chi connectivity index (χ3v) is 5.04. The standard InChI is InChI=1S/C18H27N/c1-2-7-15(8-3-1)13-19-14-17-11-6-10-16-9-4-5-12-18(16)17/h4-5,9,12,15,17,19H,1-3,6-8,10-11,13-14H2. The normalized spacial score (nSPS) is 24.1. The molecule has 0 aromatic heterocycles. The largest absolute Gasteiger partial charge is 0.316 e. The van der Waals surface area contributed by atoms with Crippen LogP contribution in [0.1, 0.15) is 62.0 Å². The summed E-state index contributed by atoms with van der Waals surface area (Å²) in [5.74, 6) is 1.71. The van der Waals surface area contributed by atoms with E-state index in [9.17, 15) is 0 Å². The predicted molar refractivity (Wildman–Crippen MR) is 81.6 cm³/mol. The van der Waals surface area contributed by atoms with Crippen LogP contribution in [0.4, 0.5) is 0 Å². The fourth-order valence-electron chi connectivity index (χ4n) is 3.92. The Balaban J connectivity index is 1.50. The van der Waals surface area contributed by atoms with Crippen LogP contribution in [0.25, 0.3) is 0 Å². The molecular weight excluding hydrogens is 230 g/mol. The fourth-order valence-corrected chi connectivity index (χ4v) is 3.92. The molecule has 19 heavy (non-hydrogen) atoms. The highest BCUT2D eigenvalue weighted by molar-refractivity contribution is 5.32. The summed E-state index contributed by atoms with van der Waals surface area (Å²) in [5, 5.41) is 3.77. The van der Waals surface area contributed by atoms with Crippen LogP contribution < -0.4 is 5.32 Å². The van der Waals surface area contributed by atoms with Crippen LogP contribution in [-0.2, 0) is 6.42 Å². The molecule has 0 spiro atoms. The summed E-state index contributed by atoms with van der Waals surface area (Å²) in [6.45, 7) is 2.44. The Morgan fingerprint density at radius 1 is 0.895 bits per heavy atom. The Hall–Kier alpha value is -0.820. The third kappa shape index (κ3) is 3.39. The van der Waals surface area contributed by atoms with Crippen LogP contribution >= 0.6 is 0 Å². The first kappa shape index (κ1) is 13.2. The van der Waals surface area contributed by atoms with Crippen molar-refractivity contribution in [3.8, 4) is 0 Å². The molecule has 3 rings (SSSR count). The zero-order chi connectivity index (χ0) is 12.9. The average Bonchev–Trinajstić information content (AvgIpc) is 2.49.